The molecule has 1 aromatic rings. The predicted molar refractivity (Wildman–Crippen MR) is 82.3 cm³/mol. The van der Waals surface area contributed by atoms with Crippen LogP contribution in [0.2, 0.25) is 5.02 Å². The van der Waals surface area contributed by atoms with Gasteiger partial charge >= 0.3 is 7.60 Å². The van der Waals surface area contributed by atoms with E-state index in [0.29, 0.717) is 24.7 Å². The first-order valence-corrected chi connectivity index (χ1v) is 9.03. The fraction of sp³-hybridized carbons (Fsp3) is 0.571. The number of benzene rings is 1. The maximum atomic E-state index is 12.9. The van der Waals surface area contributed by atoms with Gasteiger partial charge in [-0.05, 0) is 31.5 Å². The molecule has 0 aliphatic carbocycles. The topological polar surface area (TPSA) is 48.0 Å². The Hall–Kier alpha value is -0.420. The van der Waals surface area contributed by atoms with Gasteiger partial charge in [-0.3, -0.25) is 9.40 Å². The number of halogens is 1. The van der Waals surface area contributed by atoms with E-state index in [4.69, 9.17) is 25.5 Å². The van der Waals surface area contributed by atoms with E-state index in [0.717, 1.165) is 5.56 Å². The summed E-state index contributed by atoms with van der Waals surface area (Å²) in [6.07, 6.45) is 0.335. The quantitative estimate of drug-likeness (QED) is 0.729. The largest absolute Gasteiger partial charge is 0.350 e. The van der Waals surface area contributed by atoms with E-state index in [9.17, 15) is 4.57 Å². The summed E-state index contributed by atoms with van der Waals surface area (Å²) in [5.74, 6) is -0.415. The molecule has 0 saturated carbocycles. The first-order chi connectivity index (χ1) is 10.00. The van der Waals surface area contributed by atoms with Crippen LogP contribution in [0.4, 0.5) is 0 Å². The Balaban J connectivity index is 2.18. The third kappa shape index (κ3) is 3.86. The molecule has 1 fully saturated rings. The number of hydrogen-bond donors (Lipinski definition) is 0. The zero-order valence-electron chi connectivity index (χ0n) is 12.5. The average molecular weight is 334 g/mol. The Morgan fingerprint density at radius 2 is 2.05 bits per heavy atom. The van der Waals surface area contributed by atoms with E-state index in [-0.39, 0.29) is 6.10 Å². The molecule has 1 heterocycles. The summed E-state index contributed by atoms with van der Waals surface area (Å²) in [7, 11) is -1.47. The van der Waals surface area contributed by atoms with E-state index in [1.807, 2.05) is 24.3 Å². The Kier molecular flexibility index (Phi) is 5.83. The molecule has 0 unspecified atom stereocenters. The summed E-state index contributed by atoms with van der Waals surface area (Å²) in [5.41, 5.74) is 0.955. The second kappa shape index (κ2) is 7.23. The van der Waals surface area contributed by atoms with Crippen LogP contribution in [-0.4, -0.2) is 31.1 Å². The van der Waals surface area contributed by atoms with Gasteiger partial charge < -0.3 is 9.05 Å². The Morgan fingerprint density at radius 1 is 1.38 bits per heavy atom. The zero-order chi connectivity index (χ0) is 15.5. The average Bonchev–Trinajstić information content (AvgIpc) is 2.82. The van der Waals surface area contributed by atoms with Crippen molar-refractivity contribution in [2.75, 3.05) is 20.3 Å². The van der Waals surface area contributed by atoms with E-state index < -0.39 is 13.4 Å². The van der Waals surface area contributed by atoms with Gasteiger partial charge in [-0.25, -0.2) is 0 Å². The lowest BCUT2D eigenvalue weighted by Crippen LogP contribution is -2.25. The lowest BCUT2D eigenvalue weighted by molar-refractivity contribution is -0.137. The molecule has 1 aliphatic heterocycles. The third-order valence-electron chi connectivity index (χ3n) is 3.34. The molecular formula is C14H21ClNO4P. The van der Waals surface area contributed by atoms with Crippen molar-refractivity contribution in [3.8, 4) is 0 Å². The SMILES string of the molecule is CCOP(=O)(OCC)[C@H]1C[C@H](c2cccc(Cl)c2)ON1C. The third-order valence-corrected chi connectivity index (χ3v) is 6.08. The van der Waals surface area contributed by atoms with Gasteiger partial charge in [0.25, 0.3) is 0 Å². The lowest BCUT2D eigenvalue weighted by atomic mass is 10.1. The molecule has 118 valence electrons. The number of hydroxylamine groups is 2. The fourth-order valence-electron chi connectivity index (χ4n) is 2.46. The molecule has 1 saturated heterocycles. The molecule has 1 aromatic carbocycles. The summed E-state index contributed by atoms with van der Waals surface area (Å²) in [6, 6.07) is 7.49. The van der Waals surface area contributed by atoms with Gasteiger partial charge in [0.05, 0.1) is 13.2 Å². The monoisotopic (exact) mass is 333 g/mol. The molecule has 0 aromatic heterocycles. The smallest absolute Gasteiger partial charge is 0.308 e. The second-order valence-corrected chi connectivity index (χ2v) is 7.42. The van der Waals surface area contributed by atoms with Crippen LogP contribution >= 0.6 is 19.2 Å². The molecule has 7 heteroatoms. The number of hydrogen-bond acceptors (Lipinski definition) is 5. The first-order valence-electron chi connectivity index (χ1n) is 7.04. The summed E-state index contributed by atoms with van der Waals surface area (Å²) in [4.78, 5) is 5.80. The Bertz CT molecular complexity index is 517. The van der Waals surface area contributed by atoms with Crippen molar-refractivity contribution in [3.63, 3.8) is 0 Å². The van der Waals surface area contributed by atoms with E-state index >= 15 is 0 Å². The van der Waals surface area contributed by atoms with Crippen molar-refractivity contribution in [1.82, 2.24) is 5.06 Å². The second-order valence-electron chi connectivity index (χ2n) is 4.79. The molecule has 21 heavy (non-hydrogen) atoms. The van der Waals surface area contributed by atoms with Crippen LogP contribution in [0.1, 0.15) is 31.9 Å². The lowest BCUT2D eigenvalue weighted by Gasteiger charge is -2.25. The normalized spacial score (nSPS) is 23.6. The highest BCUT2D eigenvalue weighted by atomic mass is 35.5. The summed E-state index contributed by atoms with van der Waals surface area (Å²) in [6.45, 7) is 4.28. The van der Waals surface area contributed by atoms with E-state index in [1.165, 1.54) is 0 Å². The van der Waals surface area contributed by atoms with Gasteiger partial charge in [-0.1, -0.05) is 23.7 Å². The van der Waals surface area contributed by atoms with Crippen molar-refractivity contribution < 1.29 is 18.5 Å². The molecule has 0 bridgehead atoms. The van der Waals surface area contributed by atoms with Gasteiger partial charge in [-0.2, -0.15) is 5.06 Å². The fourth-order valence-corrected chi connectivity index (χ4v) is 4.69. The number of rotatable bonds is 6. The number of nitrogens with zero attached hydrogens (tertiary/aromatic N) is 1. The van der Waals surface area contributed by atoms with Gasteiger partial charge in [0.1, 0.15) is 11.9 Å². The van der Waals surface area contributed by atoms with Gasteiger partial charge in [0, 0.05) is 18.5 Å². The Labute approximate surface area is 130 Å². The summed E-state index contributed by atoms with van der Waals surface area (Å²) < 4.78 is 23.7. The van der Waals surface area contributed by atoms with Crippen molar-refractivity contribution in [2.24, 2.45) is 0 Å². The maximum absolute atomic E-state index is 12.9. The van der Waals surface area contributed by atoms with Gasteiger partial charge in [-0.15, -0.1) is 0 Å². The minimum atomic E-state index is -3.22. The van der Waals surface area contributed by atoms with E-state index in [2.05, 4.69) is 0 Å². The first kappa shape index (κ1) is 16.9. The van der Waals surface area contributed by atoms with Crippen molar-refractivity contribution in [3.05, 3.63) is 34.9 Å². The van der Waals surface area contributed by atoms with Crippen LogP contribution in [0, 0.1) is 0 Å². The molecule has 1 aliphatic rings. The Morgan fingerprint density at radius 3 is 2.62 bits per heavy atom. The minimum absolute atomic E-state index is 0.201. The zero-order valence-corrected chi connectivity index (χ0v) is 14.1. The van der Waals surface area contributed by atoms with Crippen LogP contribution < -0.4 is 0 Å². The molecule has 0 N–H and O–H groups in total. The van der Waals surface area contributed by atoms with Crippen molar-refractivity contribution >= 4 is 19.2 Å². The highest BCUT2D eigenvalue weighted by molar-refractivity contribution is 7.54. The molecule has 0 spiro atoms. The van der Waals surface area contributed by atoms with Crippen LogP contribution in [0.5, 0.6) is 0 Å². The molecule has 5 nitrogen and oxygen atoms in total. The van der Waals surface area contributed by atoms with Crippen LogP contribution in [0.3, 0.4) is 0 Å². The van der Waals surface area contributed by atoms with Gasteiger partial charge in [0.2, 0.25) is 0 Å². The van der Waals surface area contributed by atoms with Crippen LogP contribution in [0.15, 0.2) is 24.3 Å². The van der Waals surface area contributed by atoms with E-state index in [1.54, 1.807) is 26.0 Å². The maximum Gasteiger partial charge on any atom is 0.350 e. The molecule has 0 amide bonds. The summed E-state index contributed by atoms with van der Waals surface area (Å²) in [5, 5.41) is 2.23. The summed E-state index contributed by atoms with van der Waals surface area (Å²) >= 11 is 6.01. The highest BCUT2D eigenvalue weighted by Gasteiger charge is 2.46. The van der Waals surface area contributed by atoms with Crippen LogP contribution in [0.25, 0.3) is 0 Å². The highest BCUT2D eigenvalue weighted by Crippen LogP contribution is 2.59. The molecule has 2 rings (SSSR count). The van der Waals surface area contributed by atoms with Crippen LogP contribution in [-0.2, 0) is 18.5 Å². The molecule has 0 radical (unpaired) electrons. The molecule has 2 atom stereocenters. The van der Waals surface area contributed by atoms with Crippen molar-refractivity contribution in [1.29, 1.82) is 0 Å². The predicted octanol–water partition coefficient (Wildman–Crippen LogP) is 4.24. The standard InChI is InChI=1S/C14H21ClNO4P/c1-4-18-21(17,19-5-2)14-10-13(20-16(14)3)11-7-6-8-12(15)9-11/h6-9,13-14H,4-5,10H2,1-3H3/t13-,14+/m1/s1. The minimum Gasteiger partial charge on any atom is -0.308 e. The van der Waals surface area contributed by atoms with Crippen molar-refractivity contribution in [2.45, 2.75) is 32.2 Å². The van der Waals surface area contributed by atoms with Gasteiger partial charge in [0.15, 0.2) is 0 Å². The molecular weight excluding hydrogens is 313 g/mol.